The van der Waals surface area contributed by atoms with Crippen molar-refractivity contribution in [3.8, 4) is 5.75 Å². The monoisotopic (exact) mass is 235 g/mol. The molecule has 1 aromatic rings. The molecule has 17 heavy (non-hydrogen) atoms. The Morgan fingerprint density at radius 3 is 3.00 bits per heavy atom. The van der Waals surface area contributed by atoms with Gasteiger partial charge in [0.15, 0.2) is 0 Å². The summed E-state index contributed by atoms with van der Waals surface area (Å²) in [6.07, 6.45) is 0.933. The maximum atomic E-state index is 11.5. The Morgan fingerprint density at radius 2 is 2.24 bits per heavy atom. The maximum Gasteiger partial charge on any atom is 0.239 e. The fourth-order valence-electron chi connectivity index (χ4n) is 1.93. The summed E-state index contributed by atoms with van der Waals surface area (Å²) >= 11 is 0. The lowest BCUT2D eigenvalue weighted by Crippen LogP contribution is -2.33. The van der Waals surface area contributed by atoms with Gasteiger partial charge in [-0.25, -0.2) is 0 Å². The van der Waals surface area contributed by atoms with E-state index in [4.69, 9.17) is 10.5 Å². The number of nitrogens with one attached hydrogen (secondary N) is 1. The highest BCUT2D eigenvalue weighted by Crippen LogP contribution is 2.25. The molecule has 0 bridgehead atoms. The zero-order valence-electron chi connectivity index (χ0n) is 9.90. The Hall–Kier alpha value is -1.91. The predicted molar refractivity (Wildman–Crippen MR) is 67.2 cm³/mol. The first-order chi connectivity index (χ1) is 8.19. The van der Waals surface area contributed by atoms with Gasteiger partial charge in [0, 0.05) is 36.6 Å². The first-order valence-corrected chi connectivity index (χ1v) is 5.65. The Balaban J connectivity index is 2.25. The molecule has 0 aliphatic carbocycles. The molecular formula is C12H17N3O2. The number of anilines is 2. The molecule has 0 radical (unpaired) electrons. The van der Waals surface area contributed by atoms with E-state index in [9.17, 15) is 4.79 Å². The van der Waals surface area contributed by atoms with Gasteiger partial charge in [0.2, 0.25) is 5.91 Å². The number of carbonyl (C=O) groups is 1. The maximum absolute atomic E-state index is 11.5. The van der Waals surface area contributed by atoms with Gasteiger partial charge in [-0.3, -0.25) is 4.79 Å². The van der Waals surface area contributed by atoms with Crippen LogP contribution in [0.1, 0.15) is 6.42 Å². The van der Waals surface area contributed by atoms with Crippen molar-refractivity contribution in [1.82, 2.24) is 5.32 Å². The molecule has 2 rings (SSSR count). The molecule has 0 spiro atoms. The molecule has 0 unspecified atom stereocenters. The summed E-state index contributed by atoms with van der Waals surface area (Å²) in [5.41, 5.74) is 7.38. The van der Waals surface area contributed by atoms with Gasteiger partial charge in [-0.1, -0.05) is 0 Å². The number of nitrogen functional groups attached to an aromatic ring is 1. The number of hydrogen-bond donors (Lipinski definition) is 2. The summed E-state index contributed by atoms with van der Waals surface area (Å²) in [5.74, 6) is 0.758. The molecule has 1 aliphatic heterocycles. The topological polar surface area (TPSA) is 67.6 Å². The minimum absolute atomic E-state index is 0.0453. The first-order valence-electron chi connectivity index (χ1n) is 5.65. The zero-order valence-corrected chi connectivity index (χ0v) is 9.90. The normalized spacial score (nSPS) is 16.3. The van der Waals surface area contributed by atoms with Gasteiger partial charge in [-0.2, -0.15) is 0 Å². The van der Waals surface area contributed by atoms with Crippen molar-refractivity contribution in [3.05, 3.63) is 18.2 Å². The fraction of sp³-hybridized carbons (Fsp3) is 0.417. The number of benzene rings is 1. The summed E-state index contributed by atoms with van der Waals surface area (Å²) < 4.78 is 5.18. The van der Waals surface area contributed by atoms with Crippen LogP contribution in [0.25, 0.3) is 0 Å². The molecule has 1 aromatic carbocycles. The molecule has 1 fully saturated rings. The second-order valence-corrected chi connectivity index (χ2v) is 4.09. The summed E-state index contributed by atoms with van der Waals surface area (Å²) in [7, 11) is 1.60. The van der Waals surface area contributed by atoms with Crippen LogP contribution in [0.4, 0.5) is 11.4 Å². The van der Waals surface area contributed by atoms with Crippen molar-refractivity contribution in [3.63, 3.8) is 0 Å². The van der Waals surface area contributed by atoms with Gasteiger partial charge >= 0.3 is 0 Å². The Kier molecular flexibility index (Phi) is 3.37. The van der Waals surface area contributed by atoms with E-state index < -0.39 is 0 Å². The quantitative estimate of drug-likeness (QED) is 0.737. The predicted octanol–water partition coefficient (Wildman–Crippen LogP) is 0.604. The van der Waals surface area contributed by atoms with Crippen molar-refractivity contribution in [2.75, 3.05) is 37.4 Å². The molecule has 1 amide bonds. The van der Waals surface area contributed by atoms with E-state index in [1.165, 1.54) is 0 Å². The number of nitrogens with two attached hydrogens (primary N) is 1. The van der Waals surface area contributed by atoms with Crippen molar-refractivity contribution in [2.24, 2.45) is 0 Å². The van der Waals surface area contributed by atoms with Crippen LogP contribution in [0, 0.1) is 0 Å². The lowest BCUT2D eigenvalue weighted by atomic mass is 10.2. The van der Waals surface area contributed by atoms with Crippen LogP contribution in [0.2, 0.25) is 0 Å². The standard InChI is InChI=1S/C12H17N3O2/c1-17-11-6-9(13)5-10(7-11)15-4-2-3-14-12(16)8-15/h5-7H,2-4,8,13H2,1H3,(H,14,16). The summed E-state index contributed by atoms with van der Waals surface area (Å²) in [5, 5.41) is 2.84. The van der Waals surface area contributed by atoms with Crippen LogP contribution in [0.5, 0.6) is 5.75 Å². The first kappa shape index (κ1) is 11.6. The van der Waals surface area contributed by atoms with Crippen molar-refractivity contribution < 1.29 is 9.53 Å². The van der Waals surface area contributed by atoms with Crippen molar-refractivity contribution in [2.45, 2.75) is 6.42 Å². The van der Waals surface area contributed by atoms with Gasteiger partial charge in [-0.05, 0) is 12.5 Å². The number of carbonyl (C=O) groups excluding carboxylic acids is 1. The van der Waals surface area contributed by atoms with E-state index in [2.05, 4.69) is 5.32 Å². The molecule has 1 saturated heterocycles. The summed E-state index contributed by atoms with van der Waals surface area (Å²) in [6.45, 7) is 1.94. The molecule has 0 atom stereocenters. The number of nitrogens with zero attached hydrogens (tertiary/aromatic N) is 1. The highest BCUT2D eigenvalue weighted by molar-refractivity contribution is 5.82. The zero-order chi connectivity index (χ0) is 12.3. The largest absolute Gasteiger partial charge is 0.497 e. The molecule has 5 nitrogen and oxygen atoms in total. The van der Waals surface area contributed by atoms with Crippen LogP contribution in [0.15, 0.2) is 18.2 Å². The highest BCUT2D eigenvalue weighted by Gasteiger charge is 2.15. The van der Waals surface area contributed by atoms with Gasteiger partial charge in [-0.15, -0.1) is 0 Å². The fourth-order valence-corrected chi connectivity index (χ4v) is 1.93. The van der Waals surface area contributed by atoms with E-state index in [-0.39, 0.29) is 5.91 Å². The van der Waals surface area contributed by atoms with Gasteiger partial charge < -0.3 is 20.7 Å². The Morgan fingerprint density at radius 1 is 1.41 bits per heavy atom. The molecule has 0 aromatic heterocycles. The van der Waals surface area contributed by atoms with Crippen LogP contribution in [-0.4, -0.2) is 32.7 Å². The van der Waals surface area contributed by atoms with Crippen LogP contribution in [-0.2, 0) is 4.79 Å². The summed E-state index contributed by atoms with van der Waals surface area (Å²) in [4.78, 5) is 13.5. The molecule has 1 aliphatic rings. The second-order valence-electron chi connectivity index (χ2n) is 4.09. The van der Waals surface area contributed by atoms with Crippen LogP contribution < -0.4 is 20.7 Å². The Bertz CT molecular complexity index is 420. The van der Waals surface area contributed by atoms with Gasteiger partial charge in [0.05, 0.1) is 13.7 Å². The van der Waals surface area contributed by atoms with E-state index in [0.29, 0.717) is 18.0 Å². The SMILES string of the molecule is COc1cc(N)cc(N2CCCNC(=O)C2)c1. The number of rotatable bonds is 2. The van der Waals surface area contributed by atoms with E-state index in [1.54, 1.807) is 13.2 Å². The Labute approximate surface area is 101 Å². The summed E-state index contributed by atoms with van der Waals surface area (Å²) in [6, 6.07) is 5.53. The molecule has 3 N–H and O–H groups in total. The third kappa shape index (κ3) is 2.81. The lowest BCUT2D eigenvalue weighted by molar-refractivity contribution is -0.119. The average molecular weight is 235 g/mol. The van der Waals surface area contributed by atoms with Crippen molar-refractivity contribution in [1.29, 1.82) is 0 Å². The minimum Gasteiger partial charge on any atom is -0.497 e. The number of hydrogen-bond acceptors (Lipinski definition) is 4. The molecule has 5 heteroatoms. The van der Waals surface area contributed by atoms with E-state index >= 15 is 0 Å². The molecule has 92 valence electrons. The van der Waals surface area contributed by atoms with E-state index in [1.807, 2.05) is 17.0 Å². The molecular weight excluding hydrogens is 218 g/mol. The second kappa shape index (κ2) is 4.95. The van der Waals surface area contributed by atoms with Crippen molar-refractivity contribution >= 4 is 17.3 Å². The third-order valence-electron chi connectivity index (χ3n) is 2.78. The smallest absolute Gasteiger partial charge is 0.239 e. The highest BCUT2D eigenvalue weighted by atomic mass is 16.5. The van der Waals surface area contributed by atoms with Gasteiger partial charge in [0.1, 0.15) is 5.75 Å². The van der Waals surface area contributed by atoms with Crippen LogP contribution in [0.3, 0.4) is 0 Å². The number of methoxy groups -OCH3 is 1. The lowest BCUT2D eigenvalue weighted by Gasteiger charge is -2.22. The van der Waals surface area contributed by atoms with Crippen LogP contribution >= 0.6 is 0 Å². The average Bonchev–Trinajstić information content (AvgIpc) is 2.53. The minimum atomic E-state index is 0.0453. The van der Waals surface area contributed by atoms with Gasteiger partial charge in [0.25, 0.3) is 0 Å². The number of amides is 1. The third-order valence-corrected chi connectivity index (χ3v) is 2.78. The van der Waals surface area contributed by atoms with E-state index in [0.717, 1.165) is 25.2 Å². The molecule has 0 saturated carbocycles. The number of ether oxygens (including phenoxy) is 1. The molecule has 1 heterocycles.